The Bertz CT molecular complexity index is 815. The quantitative estimate of drug-likeness (QED) is 0.642. The molecule has 2 atom stereocenters. The molecule has 1 saturated heterocycles. The Morgan fingerprint density at radius 3 is 2.68 bits per heavy atom. The van der Waals surface area contributed by atoms with Crippen molar-refractivity contribution in [3.8, 4) is 0 Å². The summed E-state index contributed by atoms with van der Waals surface area (Å²) in [7, 11) is 0. The average molecular weight is 382 g/mol. The summed E-state index contributed by atoms with van der Waals surface area (Å²) < 4.78 is 0. The minimum atomic E-state index is -1.16. The maximum absolute atomic E-state index is 12.3. The summed E-state index contributed by atoms with van der Waals surface area (Å²) in [4.78, 5) is 48.2. The van der Waals surface area contributed by atoms with Crippen LogP contribution in [-0.4, -0.2) is 56.0 Å². The van der Waals surface area contributed by atoms with Gasteiger partial charge in [0.05, 0.1) is 6.42 Å². The predicted molar refractivity (Wildman–Crippen MR) is 90.3 cm³/mol. The van der Waals surface area contributed by atoms with E-state index in [0.29, 0.717) is 16.9 Å². The third kappa shape index (κ3) is 3.02. The van der Waals surface area contributed by atoms with E-state index in [-0.39, 0.29) is 17.0 Å². The fraction of sp³-hybridized carbons (Fsp3) is 0.333. The number of amides is 2. The summed E-state index contributed by atoms with van der Waals surface area (Å²) in [6.45, 7) is 1.66. The summed E-state index contributed by atoms with van der Waals surface area (Å²) in [5, 5.41) is 22.1. The molecule has 25 heavy (non-hydrogen) atoms. The van der Waals surface area contributed by atoms with Gasteiger partial charge in [-0.3, -0.25) is 14.5 Å². The van der Waals surface area contributed by atoms with E-state index in [1.54, 1.807) is 18.4 Å². The summed E-state index contributed by atoms with van der Waals surface area (Å²) in [6, 6.07) is 0.763. The molecule has 3 rings (SSSR count). The predicted octanol–water partition coefficient (Wildman–Crippen LogP) is 0.747. The molecule has 3 heterocycles. The third-order valence-corrected chi connectivity index (χ3v) is 6.34. The lowest BCUT2D eigenvalue weighted by atomic mass is 10.0. The Hall–Kier alpha value is -2.33. The van der Waals surface area contributed by atoms with E-state index in [1.165, 1.54) is 16.7 Å². The summed E-state index contributed by atoms with van der Waals surface area (Å²) >= 11 is 2.42. The number of thioether (sulfide) groups is 1. The van der Waals surface area contributed by atoms with Crippen LogP contribution in [0.1, 0.15) is 22.2 Å². The molecule has 0 saturated carbocycles. The molecule has 132 valence electrons. The van der Waals surface area contributed by atoms with Crippen LogP contribution in [0.25, 0.3) is 0 Å². The van der Waals surface area contributed by atoms with Crippen LogP contribution in [0.3, 0.4) is 0 Å². The number of aromatic carboxylic acids is 1. The molecule has 0 bridgehead atoms. The van der Waals surface area contributed by atoms with Gasteiger partial charge in [-0.15, -0.1) is 23.1 Å². The van der Waals surface area contributed by atoms with Crippen molar-refractivity contribution < 1.29 is 29.4 Å². The molecule has 8 nitrogen and oxygen atoms in total. The molecule has 10 heteroatoms. The number of carbonyl (C=O) groups excluding carboxylic acids is 2. The van der Waals surface area contributed by atoms with Gasteiger partial charge >= 0.3 is 11.9 Å². The lowest BCUT2D eigenvalue weighted by molar-refractivity contribution is -0.150. The molecule has 1 aromatic heterocycles. The van der Waals surface area contributed by atoms with E-state index in [4.69, 9.17) is 5.11 Å². The van der Waals surface area contributed by atoms with Gasteiger partial charge in [-0.1, -0.05) is 0 Å². The highest BCUT2D eigenvalue weighted by molar-refractivity contribution is 8.00. The first-order valence-electron chi connectivity index (χ1n) is 7.28. The molecule has 0 spiro atoms. The van der Waals surface area contributed by atoms with Crippen molar-refractivity contribution in [2.45, 2.75) is 24.8 Å². The normalized spacial score (nSPS) is 22.3. The zero-order valence-electron chi connectivity index (χ0n) is 13.0. The Morgan fingerprint density at radius 1 is 1.32 bits per heavy atom. The number of aliphatic carboxylic acids is 1. The molecule has 0 aliphatic carbocycles. The maximum Gasteiger partial charge on any atom is 0.352 e. The van der Waals surface area contributed by atoms with E-state index in [2.05, 4.69) is 5.32 Å². The van der Waals surface area contributed by atoms with E-state index in [0.717, 1.165) is 11.3 Å². The Morgan fingerprint density at radius 2 is 2.04 bits per heavy atom. The number of carbonyl (C=O) groups is 4. The van der Waals surface area contributed by atoms with Crippen LogP contribution in [0, 0.1) is 0 Å². The van der Waals surface area contributed by atoms with Gasteiger partial charge in [0.2, 0.25) is 5.91 Å². The average Bonchev–Trinajstić information content (AvgIpc) is 3.00. The van der Waals surface area contributed by atoms with Crippen molar-refractivity contribution in [3.05, 3.63) is 33.2 Å². The van der Waals surface area contributed by atoms with Crippen LogP contribution in [0.2, 0.25) is 0 Å². The minimum Gasteiger partial charge on any atom is -0.477 e. The van der Waals surface area contributed by atoms with E-state index < -0.39 is 35.2 Å². The summed E-state index contributed by atoms with van der Waals surface area (Å²) in [6.07, 6.45) is -0.146. The van der Waals surface area contributed by atoms with Crippen molar-refractivity contribution >= 4 is 46.9 Å². The van der Waals surface area contributed by atoms with E-state index >= 15 is 0 Å². The Kier molecular flexibility index (Phi) is 4.56. The highest BCUT2D eigenvalue weighted by Crippen LogP contribution is 2.40. The van der Waals surface area contributed by atoms with Gasteiger partial charge in [-0.25, -0.2) is 9.59 Å². The lowest BCUT2D eigenvalue weighted by Crippen LogP contribution is -2.70. The number of fused-ring (bicyclic) bond motifs is 1. The van der Waals surface area contributed by atoms with Gasteiger partial charge in [-0.2, -0.15) is 0 Å². The van der Waals surface area contributed by atoms with Crippen molar-refractivity contribution in [1.29, 1.82) is 0 Å². The smallest absolute Gasteiger partial charge is 0.352 e. The van der Waals surface area contributed by atoms with Crippen molar-refractivity contribution in [1.82, 2.24) is 10.2 Å². The number of nitrogens with zero attached hydrogens (tertiary/aromatic N) is 1. The summed E-state index contributed by atoms with van der Waals surface area (Å²) in [5.41, 5.74) is 0.971. The van der Waals surface area contributed by atoms with E-state index in [1.807, 2.05) is 0 Å². The number of thiophene rings is 1. The van der Waals surface area contributed by atoms with Gasteiger partial charge < -0.3 is 15.5 Å². The molecule has 3 N–H and O–H groups in total. The first-order valence-corrected chi connectivity index (χ1v) is 9.21. The molecular formula is C15H14N2O6S2. The van der Waals surface area contributed by atoms with Gasteiger partial charge in [0, 0.05) is 5.75 Å². The van der Waals surface area contributed by atoms with Gasteiger partial charge in [-0.05, 0) is 29.5 Å². The van der Waals surface area contributed by atoms with Crippen LogP contribution < -0.4 is 5.32 Å². The topological polar surface area (TPSA) is 124 Å². The second-order valence-corrected chi connectivity index (χ2v) is 7.67. The largest absolute Gasteiger partial charge is 0.477 e. The number of nitrogens with one attached hydrogen (secondary N) is 1. The van der Waals surface area contributed by atoms with Crippen molar-refractivity contribution in [2.75, 3.05) is 5.75 Å². The molecule has 1 fully saturated rings. The minimum absolute atomic E-state index is 0.0229. The van der Waals surface area contributed by atoms with Gasteiger partial charge in [0.15, 0.2) is 0 Å². The highest BCUT2D eigenvalue weighted by atomic mass is 32.2. The second kappa shape index (κ2) is 6.52. The monoisotopic (exact) mass is 382 g/mol. The van der Waals surface area contributed by atoms with Gasteiger partial charge in [0.1, 0.15) is 22.0 Å². The number of hydrogen-bond donors (Lipinski definition) is 3. The van der Waals surface area contributed by atoms with Crippen LogP contribution in [-0.2, 0) is 20.8 Å². The Labute approximate surface area is 150 Å². The lowest BCUT2D eigenvalue weighted by Gasteiger charge is -2.49. The summed E-state index contributed by atoms with van der Waals surface area (Å²) in [5.74, 6) is -2.73. The van der Waals surface area contributed by atoms with Crippen LogP contribution in [0.15, 0.2) is 22.7 Å². The molecule has 0 radical (unpaired) electrons. The Balaban J connectivity index is 1.68. The van der Waals surface area contributed by atoms with Crippen molar-refractivity contribution in [3.63, 3.8) is 0 Å². The highest BCUT2D eigenvalue weighted by Gasteiger charge is 2.53. The molecule has 2 aliphatic heterocycles. The molecule has 0 aromatic carbocycles. The first kappa shape index (κ1) is 17.5. The first-order chi connectivity index (χ1) is 11.8. The number of carboxylic acid groups (broad SMARTS) is 2. The standard InChI is InChI=1S/C15H14N2O6S2/c1-6-5-25-13-9(12(19)17(13)10(6)14(20)21)16-8(18)4-7-2-3-24-11(7)15(22)23/h2-3,9,13H,4-5H2,1H3,(H,16,18)(H,20,21)(H,22,23)/t9?,13-/m1/s1. The maximum atomic E-state index is 12.3. The van der Waals surface area contributed by atoms with Gasteiger partial charge in [0.25, 0.3) is 5.91 Å². The fourth-order valence-electron chi connectivity index (χ4n) is 2.84. The number of hydrogen-bond acceptors (Lipinski definition) is 6. The fourth-order valence-corrected chi connectivity index (χ4v) is 4.89. The van der Waals surface area contributed by atoms with E-state index in [9.17, 15) is 24.3 Å². The zero-order valence-corrected chi connectivity index (χ0v) is 14.6. The molecule has 2 aliphatic rings. The van der Waals surface area contributed by atoms with Crippen molar-refractivity contribution in [2.24, 2.45) is 0 Å². The second-order valence-electron chi connectivity index (χ2n) is 5.65. The molecule has 1 aromatic rings. The molecule has 1 unspecified atom stereocenters. The number of carboxylic acids is 2. The number of rotatable bonds is 5. The third-order valence-electron chi connectivity index (χ3n) is 3.97. The SMILES string of the molecule is CC1=C(C(=O)O)N2C(=O)C(NC(=O)Cc3ccsc3C(=O)O)[C@H]2SC1. The van der Waals surface area contributed by atoms with Crippen LogP contribution >= 0.6 is 23.1 Å². The van der Waals surface area contributed by atoms with Crippen LogP contribution in [0.4, 0.5) is 0 Å². The molecule has 2 amide bonds. The van der Waals surface area contributed by atoms with Crippen LogP contribution in [0.5, 0.6) is 0 Å². The zero-order chi connectivity index (χ0) is 18.3. The molecular weight excluding hydrogens is 368 g/mol. The number of β-lactam (4-membered cyclic amide) rings is 1.